The molecule has 2 atom stereocenters. The second kappa shape index (κ2) is 9.42. The summed E-state index contributed by atoms with van der Waals surface area (Å²) in [6.45, 7) is 6.26. The number of halogens is 1. The van der Waals surface area contributed by atoms with Crippen molar-refractivity contribution in [1.29, 1.82) is 0 Å². The molecule has 0 bridgehead atoms. The Morgan fingerprint density at radius 3 is 2.36 bits per heavy atom. The van der Waals surface area contributed by atoms with Crippen molar-refractivity contribution in [2.75, 3.05) is 6.54 Å². The molecule has 2 aromatic rings. The maximum absolute atomic E-state index is 11.8. The zero-order valence-electron chi connectivity index (χ0n) is 14.4. The fourth-order valence-corrected chi connectivity index (χ4v) is 3.28. The predicted octanol–water partition coefficient (Wildman–Crippen LogP) is 6.24. The molecular weight excluding hydrogens is 378 g/mol. The molecule has 0 radical (unpaired) electrons. The summed E-state index contributed by atoms with van der Waals surface area (Å²) in [6, 6.07) is 17.8. The van der Waals surface area contributed by atoms with E-state index in [2.05, 4.69) is 34.6 Å². The lowest BCUT2D eigenvalue weighted by molar-refractivity contribution is 0.126. The molecule has 0 heterocycles. The van der Waals surface area contributed by atoms with Crippen LogP contribution in [0.1, 0.15) is 42.9 Å². The van der Waals surface area contributed by atoms with Crippen molar-refractivity contribution in [3.63, 3.8) is 0 Å². The first-order valence-electron chi connectivity index (χ1n) is 8.43. The Balaban J connectivity index is 2.10. The van der Waals surface area contributed by atoms with E-state index in [1.807, 2.05) is 55.5 Å². The van der Waals surface area contributed by atoms with Gasteiger partial charge in [0, 0.05) is 11.0 Å². The Hall–Kier alpha value is -2.07. The molecule has 0 spiro atoms. The summed E-state index contributed by atoms with van der Waals surface area (Å²) in [5.74, 6) is 0.276. The van der Waals surface area contributed by atoms with Crippen LogP contribution in [0.4, 0.5) is 4.79 Å². The number of carbonyl (C=O) groups is 1. The molecule has 0 aliphatic heterocycles. The predicted molar refractivity (Wildman–Crippen MR) is 106 cm³/mol. The number of amides is 1. The average molecular weight is 402 g/mol. The van der Waals surface area contributed by atoms with E-state index in [0.29, 0.717) is 6.54 Å². The Kier molecular flexibility index (Phi) is 7.26. The third kappa shape index (κ3) is 5.46. The SMILES string of the molecule is C=CC[C@@H](CCN(C(=O)O)[C@@H](C)c1ccc(Br)cc1)c1ccccc1. The average Bonchev–Trinajstić information content (AvgIpc) is 2.62. The van der Waals surface area contributed by atoms with Crippen molar-refractivity contribution in [2.24, 2.45) is 0 Å². The van der Waals surface area contributed by atoms with Gasteiger partial charge < -0.3 is 10.0 Å². The highest BCUT2D eigenvalue weighted by atomic mass is 79.9. The molecule has 1 N–H and O–H groups in total. The van der Waals surface area contributed by atoms with E-state index in [-0.39, 0.29) is 12.0 Å². The van der Waals surface area contributed by atoms with Gasteiger partial charge in [-0.2, -0.15) is 0 Å². The van der Waals surface area contributed by atoms with Crippen LogP contribution in [0, 0.1) is 0 Å². The van der Waals surface area contributed by atoms with Gasteiger partial charge >= 0.3 is 6.09 Å². The lowest BCUT2D eigenvalue weighted by atomic mass is 9.92. The van der Waals surface area contributed by atoms with E-state index in [9.17, 15) is 9.90 Å². The molecule has 2 rings (SSSR count). The standard InChI is InChI=1S/C21H24BrNO2/c1-3-7-18(19-8-5-4-6-9-19)14-15-23(21(24)25)16(2)17-10-12-20(22)13-11-17/h3-6,8-13,16,18H,1,7,14-15H2,2H3,(H,24,25)/t16-,18-/m0/s1. The van der Waals surface area contributed by atoms with Crippen LogP contribution in [0.5, 0.6) is 0 Å². The number of allylic oxidation sites excluding steroid dienone is 1. The molecule has 0 aliphatic carbocycles. The number of benzene rings is 2. The Labute approximate surface area is 158 Å². The van der Waals surface area contributed by atoms with Gasteiger partial charge in [0.15, 0.2) is 0 Å². The molecule has 0 saturated heterocycles. The maximum Gasteiger partial charge on any atom is 0.407 e. The molecule has 0 unspecified atom stereocenters. The second-order valence-corrected chi connectivity index (χ2v) is 7.04. The minimum Gasteiger partial charge on any atom is -0.465 e. The maximum atomic E-state index is 11.8. The van der Waals surface area contributed by atoms with Gasteiger partial charge in [-0.25, -0.2) is 4.79 Å². The van der Waals surface area contributed by atoms with E-state index >= 15 is 0 Å². The fourth-order valence-electron chi connectivity index (χ4n) is 3.02. The number of hydrogen-bond donors (Lipinski definition) is 1. The van der Waals surface area contributed by atoms with Crippen molar-refractivity contribution < 1.29 is 9.90 Å². The summed E-state index contributed by atoms with van der Waals surface area (Å²) in [5.41, 5.74) is 2.22. The third-order valence-electron chi connectivity index (χ3n) is 4.51. The van der Waals surface area contributed by atoms with Crippen LogP contribution in [-0.2, 0) is 0 Å². The van der Waals surface area contributed by atoms with E-state index in [1.165, 1.54) is 10.5 Å². The van der Waals surface area contributed by atoms with E-state index < -0.39 is 6.09 Å². The van der Waals surface area contributed by atoms with Crippen molar-refractivity contribution in [3.05, 3.63) is 82.9 Å². The molecule has 25 heavy (non-hydrogen) atoms. The normalized spacial score (nSPS) is 13.0. The number of hydrogen-bond acceptors (Lipinski definition) is 1. The minimum atomic E-state index is -0.888. The lowest BCUT2D eigenvalue weighted by Gasteiger charge is -2.28. The molecule has 4 heteroatoms. The number of nitrogens with zero attached hydrogens (tertiary/aromatic N) is 1. The van der Waals surface area contributed by atoms with Crippen LogP contribution in [0.3, 0.4) is 0 Å². The van der Waals surface area contributed by atoms with Gasteiger partial charge in [0.25, 0.3) is 0 Å². The molecule has 1 amide bonds. The summed E-state index contributed by atoms with van der Waals surface area (Å²) in [7, 11) is 0. The van der Waals surface area contributed by atoms with Gasteiger partial charge in [-0.1, -0.05) is 64.5 Å². The molecule has 0 aromatic heterocycles. The summed E-state index contributed by atoms with van der Waals surface area (Å²) in [5, 5.41) is 9.67. The fraction of sp³-hybridized carbons (Fsp3) is 0.286. The number of rotatable bonds is 8. The van der Waals surface area contributed by atoms with Crippen molar-refractivity contribution in [1.82, 2.24) is 4.90 Å². The van der Waals surface area contributed by atoms with Crippen LogP contribution in [0.2, 0.25) is 0 Å². The first-order chi connectivity index (χ1) is 12.0. The summed E-state index contributed by atoms with van der Waals surface area (Å²) < 4.78 is 0.987. The van der Waals surface area contributed by atoms with Gasteiger partial charge in [0.05, 0.1) is 6.04 Å². The largest absolute Gasteiger partial charge is 0.465 e. The van der Waals surface area contributed by atoms with Gasteiger partial charge in [-0.3, -0.25) is 0 Å². The third-order valence-corrected chi connectivity index (χ3v) is 5.03. The summed E-state index contributed by atoms with van der Waals surface area (Å²) >= 11 is 3.41. The van der Waals surface area contributed by atoms with Gasteiger partial charge in [-0.15, -0.1) is 6.58 Å². The Bertz CT molecular complexity index is 685. The highest BCUT2D eigenvalue weighted by molar-refractivity contribution is 9.10. The monoisotopic (exact) mass is 401 g/mol. The van der Waals surface area contributed by atoms with Crippen molar-refractivity contribution in [2.45, 2.75) is 31.7 Å². The second-order valence-electron chi connectivity index (χ2n) is 6.12. The molecule has 0 fully saturated rings. The van der Waals surface area contributed by atoms with Gasteiger partial charge in [0.1, 0.15) is 0 Å². The molecule has 0 saturated carbocycles. The van der Waals surface area contributed by atoms with Crippen molar-refractivity contribution in [3.8, 4) is 0 Å². The highest BCUT2D eigenvalue weighted by Gasteiger charge is 2.22. The topological polar surface area (TPSA) is 40.5 Å². The van der Waals surface area contributed by atoms with E-state index in [0.717, 1.165) is 22.9 Å². The number of carboxylic acid groups (broad SMARTS) is 1. The van der Waals surface area contributed by atoms with Gasteiger partial charge in [-0.05, 0) is 48.9 Å². The van der Waals surface area contributed by atoms with Crippen LogP contribution in [0.15, 0.2) is 71.7 Å². The van der Waals surface area contributed by atoms with E-state index in [4.69, 9.17) is 0 Å². The summed E-state index contributed by atoms with van der Waals surface area (Å²) in [4.78, 5) is 13.3. The molecule has 2 aromatic carbocycles. The van der Waals surface area contributed by atoms with Crippen LogP contribution < -0.4 is 0 Å². The van der Waals surface area contributed by atoms with Crippen molar-refractivity contribution >= 4 is 22.0 Å². The zero-order chi connectivity index (χ0) is 18.2. The van der Waals surface area contributed by atoms with E-state index in [1.54, 1.807) is 0 Å². The zero-order valence-corrected chi connectivity index (χ0v) is 16.0. The Morgan fingerprint density at radius 2 is 1.80 bits per heavy atom. The molecule has 132 valence electrons. The first kappa shape index (κ1) is 19.3. The van der Waals surface area contributed by atoms with Crippen LogP contribution in [0.25, 0.3) is 0 Å². The first-order valence-corrected chi connectivity index (χ1v) is 9.23. The molecular formula is C21H24BrNO2. The molecule has 3 nitrogen and oxygen atoms in total. The Morgan fingerprint density at radius 1 is 1.16 bits per heavy atom. The lowest BCUT2D eigenvalue weighted by Crippen LogP contribution is -2.33. The quantitative estimate of drug-likeness (QED) is 0.531. The summed E-state index contributed by atoms with van der Waals surface area (Å²) in [6.07, 6.45) is 2.62. The van der Waals surface area contributed by atoms with Gasteiger partial charge in [0.2, 0.25) is 0 Å². The van der Waals surface area contributed by atoms with Crippen LogP contribution >= 0.6 is 15.9 Å². The highest BCUT2D eigenvalue weighted by Crippen LogP contribution is 2.27. The smallest absolute Gasteiger partial charge is 0.407 e. The molecule has 0 aliphatic rings. The minimum absolute atomic E-state index is 0.189. The van der Waals surface area contributed by atoms with Crippen LogP contribution in [-0.4, -0.2) is 22.6 Å².